The highest BCUT2D eigenvalue weighted by Gasteiger charge is 2.23. The van der Waals surface area contributed by atoms with Crippen LogP contribution < -0.4 is 5.32 Å². The van der Waals surface area contributed by atoms with Crippen molar-refractivity contribution in [2.24, 2.45) is 17.8 Å². The van der Waals surface area contributed by atoms with E-state index in [1.165, 1.54) is 30.3 Å². The molecule has 0 bridgehead atoms. The molecular weight excluding hydrogens is 252 g/mol. The summed E-state index contributed by atoms with van der Waals surface area (Å²) >= 11 is 0. The molecule has 0 unspecified atom stereocenters. The van der Waals surface area contributed by atoms with Crippen LogP contribution in [0.4, 0.5) is 5.82 Å². The van der Waals surface area contributed by atoms with Gasteiger partial charge in [-0.3, -0.25) is 0 Å². The number of rotatable bonds is 4. The Hall–Kier alpha value is -1.72. The van der Waals surface area contributed by atoms with Crippen LogP contribution in [0.15, 0.2) is 12.1 Å². The van der Waals surface area contributed by atoms with E-state index in [1.54, 1.807) is 0 Å². The lowest BCUT2D eigenvalue weighted by Crippen LogP contribution is -2.23. The zero-order valence-electron chi connectivity index (χ0n) is 12.2. The zero-order chi connectivity index (χ0) is 13.9. The van der Waals surface area contributed by atoms with Crippen LogP contribution in [0.25, 0.3) is 5.65 Å². The van der Waals surface area contributed by atoms with Crippen molar-refractivity contribution in [2.45, 2.75) is 39.5 Å². The summed E-state index contributed by atoms with van der Waals surface area (Å²) in [5.41, 5.74) is 0.674. The van der Waals surface area contributed by atoms with Gasteiger partial charge in [-0.05, 0) is 66.0 Å². The van der Waals surface area contributed by atoms with E-state index < -0.39 is 0 Å². The molecule has 2 aromatic heterocycles. The Morgan fingerprint density at radius 1 is 1.25 bits per heavy atom. The Balaban J connectivity index is 1.52. The smallest absolute Gasteiger partial charge is 0.200 e. The predicted octanol–water partition coefficient (Wildman–Crippen LogP) is 2.39. The second-order valence-electron chi connectivity index (χ2n) is 6.15. The number of anilines is 1. The number of hydrogen-bond donors (Lipinski definition) is 1. The Morgan fingerprint density at radius 3 is 2.80 bits per heavy atom. The summed E-state index contributed by atoms with van der Waals surface area (Å²) in [4.78, 5) is 0. The van der Waals surface area contributed by atoms with Crippen molar-refractivity contribution >= 4 is 11.5 Å². The molecule has 6 heteroatoms. The largest absolute Gasteiger partial charge is 0.368 e. The molecule has 0 radical (unpaired) electrons. The third kappa shape index (κ3) is 2.89. The van der Waals surface area contributed by atoms with Crippen LogP contribution in [-0.2, 0) is 0 Å². The predicted molar refractivity (Wildman–Crippen MR) is 77.4 cm³/mol. The number of tetrazole rings is 1. The van der Waals surface area contributed by atoms with E-state index in [-0.39, 0.29) is 0 Å². The molecule has 2 heterocycles. The van der Waals surface area contributed by atoms with Crippen molar-refractivity contribution in [3.8, 4) is 0 Å². The summed E-state index contributed by atoms with van der Waals surface area (Å²) in [7, 11) is 0. The van der Waals surface area contributed by atoms with Gasteiger partial charge < -0.3 is 5.32 Å². The average molecular weight is 274 g/mol. The van der Waals surface area contributed by atoms with Gasteiger partial charge in [-0.15, -0.1) is 14.8 Å². The first-order valence-corrected chi connectivity index (χ1v) is 7.51. The molecule has 1 aliphatic rings. The average Bonchev–Trinajstić information content (AvgIpc) is 2.93. The van der Waals surface area contributed by atoms with Crippen LogP contribution in [0.1, 0.15) is 39.5 Å². The van der Waals surface area contributed by atoms with Crippen molar-refractivity contribution < 1.29 is 0 Å². The van der Waals surface area contributed by atoms with Crippen LogP contribution >= 0.6 is 0 Å². The molecule has 0 amide bonds. The fraction of sp³-hybridized carbons (Fsp3) is 0.714. The Labute approximate surface area is 118 Å². The van der Waals surface area contributed by atoms with E-state index in [0.717, 1.165) is 30.1 Å². The number of hydrogen-bond acceptors (Lipinski definition) is 5. The standard InChI is InChI=1S/C14H22N6/c1-10(2)12-5-3-11(4-6-12)9-15-13-7-8-14-16-18-19-20(14)17-13/h7-8,10-12H,3-6,9H2,1-2H3,(H,15,17). The lowest BCUT2D eigenvalue weighted by molar-refractivity contribution is 0.230. The van der Waals surface area contributed by atoms with Crippen molar-refractivity contribution in [2.75, 3.05) is 11.9 Å². The minimum absolute atomic E-state index is 0.674. The Morgan fingerprint density at radius 2 is 2.05 bits per heavy atom. The van der Waals surface area contributed by atoms with Gasteiger partial charge in [0, 0.05) is 6.54 Å². The number of aromatic nitrogens is 5. The number of nitrogens with zero attached hydrogens (tertiary/aromatic N) is 5. The minimum atomic E-state index is 0.674. The van der Waals surface area contributed by atoms with Crippen LogP contribution in [0.5, 0.6) is 0 Å². The van der Waals surface area contributed by atoms with Gasteiger partial charge in [0.2, 0.25) is 0 Å². The first-order valence-electron chi connectivity index (χ1n) is 7.51. The van der Waals surface area contributed by atoms with Crippen LogP contribution in [0.3, 0.4) is 0 Å². The monoisotopic (exact) mass is 274 g/mol. The SMILES string of the molecule is CC(C)C1CCC(CNc2ccc3nnnn3n2)CC1. The lowest BCUT2D eigenvalue weighted by atomic mass is 9.77. The summed E-state index contributed by atoms with van der Waals surface area (Å²) in [5, 5.41) is 19.0. The van der Waals surface area contributed by atoms with Crippen LogP contribution in [-0.4, -0.2) is 31.8 Å². The second kappa shape index (κ2) is 5.73. The van der Waals surface area contributed by atoms with Gasteiger partial charge in [-0.1, -0.05) is 13.8 Å². The Kier molecular flexibility index (Phi) is 3.80. The Bertz CT molecular complexity index is 556. The number of fused-ring (bicyclic) bond motifs is 1. The maximum atomic E-state index is 4.33. The first kappa shape index (κ1) is 13.3. The maximum absolute atomic E-state index is 4.33. The minimum Gasteiger partial charge on any atom is -0.368 e. The molecule has 0 aliphatic heterocycles. The quantitative estimate of drug-likeness (QED) is 0.927. The van der Waals surface area contributed by atoms with E-state index >= 15 is 0 Å². The summed E-state index contributed by atoms with van der Waals surface area (Å²) < 4.78 is 1.46. The van der Waals surface area contributed by atoms with E-state index in [9.17, 15) is 0 Å². The molecular formula is C14H22N6. The van der Waals surface area contributed by atoms with Crippen molar-refractivity contribution in [3.63, 3.8) is 0 Å². The molecule has 108 valence electrons. The van der Waals surface area contributed by atoms with E-state index in [1.807, 2.05) is 12.1 Å². The van der Waals surface area contributed by atoms with Crippen molar-refractivity contribution in [1.29, 1.82) is 0 Å². The summed E-state index contributed by atoms with van der Waals surface area (Å²) in [6, 6.07) is 3.82. The summed E-state index contributed by atoms with van der Waals surface area (Å²) in [6.45, 7) is 5.68. The third-order valence-electron chi connectivity index (χ3n) is 4.48. The van der Waals surface area contributed by atoms with Crippen molar-refractivity contribution in [3.05, 3.63) is 12.1 Å². The molecule has 1 N–H and O–H groups in total. The van der Waals surface area contributed by atoms with E-state index in [4.69, 9.17) is 0 Å². The summed E-state index contributed by atoms with van der Waals surface area (Å²) in [6.07, 6.45) is 5.37. The molecule has 2 aromatic rings. The van der Waals surface area contributed by atoms with Crippen LogP contribution in [0.2, 0.25) is 0 Å². The fourth-order valence-corrected chi connectivity index (χ4v) is 3.05. The topological polar surface area (TPSA) is 68.0 Å². The third-order valence-corrected chi connectivity index (χ3v) is 4.48. The van der Waals surface area contributed by atoms with Gasteiger partial charge >= 0.3 is 0 Å². The van der Waals surface area contributed by atoms with Crippen LogP contribution in [0, 0.1) is 17.8 Å². The highest BCUT2D eigenvalue weighted by Crippen LogP contribution is 2.33. The molecule has 0 spiro atoms. The molecule has 3 rings (SSSR count). The highest BCUT2D eigenvalue weighted by molar-refractivity contribution is 5.42. The molecule has 6 nitrogen and oxygen atoms in total. The van der Waals surface area contributed by atoms with Gasteiger partial charge in [0.05, 0.1) is 0 Å². The molecule has 1 aliphatic carbocycles. The molecule has 0 saturated heterocycles. The molecule has 20 heavy (non-hydrogen) atoms. The lowest BCUT2D eigenvalue weighted by Gasteiger charge is -2.30. The van der Waals surface area contributed by atoms with Gasteiger partial charge in [0.1, 0.15) is 5.82 Å². The van der Waals surface area contributed by atoms with Crippen molar-refractivity contribution in [1.82, 2.24) is 25.3 Å². The molecule has 0 atom stereocenters. The fourth-order valence-electron chi connectivity index (χ4n) is 3.05. The second-order valence-corrected chi connectivity index (χ2v) is 6.15. The molecule has 0 aromatic carbocycles. The zero-order valence-corrected chi connectivity index (χ0v) is 12.2. The summed E-state index contributed by atoms with van der Waals surface area (Å²) in [5.74, 6) is 3.35. The maximum Gasteiger partial charge on any atom is 0.200 e. The number of nitrogens with one attached hydrogen (secondary N) is 1. The van der Waals surface area contributed by atoms with Gasteiger partial charge in [0.25, 0.3) is 0 Å². The first-order chi connectivity index (χ1) is 9.72. The van der Waals surface area contributed by atoms with Gasteiger partial charge in [-0.25, -0.2) is 0 Å². The van der Waals surface area contributed by atoms with E-state index in [0.29, 0.717) is 5.65 Å². The van der Waals surface area contributed by atoms with Gasteiger partial charge in [-0.2, -0.15) is 0 Å². The molecule has 1 fully saturated rings. The highest BCUT2D eigenvalue weighted by atomic mass is 15.6. The van der Waals surface area contributed by atoms with E-state index in [2.05, 4.69) is 39.8 Å². The molecule has 1 saturated carbocycles. The normalized spacial score (nSPS) is 23.4. The van der Waals surface area contributed by atoms with Gasteiger partial charge in [0.15, 0.2) is 5.65 Å².